The van der Waals surface area contributed by atoms with Gasteiger partial charge in [-0.2, -0.15) is 0 Å². The number of nitrogens with two attached hydrogens (primary N) is 1. The number of imidazole rings is 1. The summed E-state index contributed by atoms with van der Waals surface area (Å²) in [6, 6.07) is 0. The molecule has 0 saturated heterocycles. The van der Waals surface area contributed by atoms with Crippen molar-refractivity contribution in [3.05, 3.63) is 30.5 Å². The highest BCUT2D eigenvalue weighted by Crippen LogP contribution is 2.02. The average molecular weight is 148 g/mol. The summed E-state index contributed by atoms with van der Waals surface area (Å²) in [4.78, 5) is 8.05. The molecular weight excluding hydrogens is 140 g/mol. The minimum Gasteiger partial charge on any atom is -0.325 e. The van der Waals surface area contributed by atoms with Crippen LogP contribution in [-0.2, 0) is 6.54 Å². The van der Waals surface area contributed by atoms with Crippen molar-refractivity contribution in [3.63, 3.8) is 0 Å². The smallest absolute Gasteiger partial charge is 0.155 e. The Morgan fingerprint density at radius 1 is 1.45 bits per heavy atom. The Labute approximate surface area is 63.7 Å². The van der Waals surface area contributed by atoms with Crippen LogP contribution in [0, 0.1) is 0 Å². The number of fused-ring (bicyclic) bond motifs is 1. The maximum atomic E-state index is 5.48. The van der Waals surface area contributed by atoms with Gasteiger partial charge >= 0.3 is 0 Å². The molecule has 4 heteroatoms. The maximum Gasteiger partial charge on any atom is 0.155 e. The van der Waals surface area contributed by atoms with Crippen LogP contribution in [0.3, 0.4) is 0 Å². The van der Waals surface area contributed by atoms with E-state index in [1.165, 1.54) is 0 Å². The lowest BCUT2D eigenvalue weighted by molar-refractivity contribution is 0.951. The fraction of sp³-hybridized carbons (Fsp3) is 0.143. The molecule has 0 aliphatic heterocycles. The molecule has 0 aromatic carbocycles. The second kappa shape index (κ2) is 2.32. The predicted molar refractivity (Wildman–Crippen MR) is 40.9 cm³/mol. The van der Waals surface area contributed by atoms with Crippen LogP contribution in [0.15, 0.2) is 24.8 Å². The van der Waals surface area contributed by atoms with Gasteiger partial charge in [0.2, 0.25) is 0 Å². The second-order valence-electron chi connectivity index (χ2n) is 2.26. The number of hydrogen-bond donors (Lipinski definition) is 1. The van der Waals surface area contributed by atoms with E-state index >= 15 is 0 Å². The Bertz CT molecular complexity index is 365. The minimum absolute atomic E-state index is 0.505. The molecule has 0 fully saturated rings. The Morgan fingerprint density at radius 2 is 2.36 bits per heavy atom. The summed E-state index contributed by atoms with van der Waals surface area (Å²) >= 11 is 0. The van der Waals surface area contributed by atoms with Crippen molar-refractivity contribution in [2.24, 2.45) is 5.73 Å². The van der Waals surface area contributed by atoms with E-state index in [4.69, 9.17) is 5.73 Å². The Kier molecular flexibility index (Phi) is 1.33. The highest BCUT2D eigenvalue weighted by Gasteiger charge is 1.98. The van der Waals surface area contributed by atoms with Gasteiger partial charge in [0.05, 0.1) is 18.1 Å². The fourth-order valence-electron chi connectivity index (χ4n) is 1.05. The van der Waals surface area contributed by atoms with Crippen LogP contribution < -0.4 is 5.73 Å². The lowest BCUT2D eigenvalue weighted by Gasteiger charge is -1.94. The summed E-state index contributed by atoms with van der Waals surface area (Å²) in [5.74, 6) is 0. The van der Waals surface area contributed by atoms with Gasteiger partial charge in [0.25, 0.3) is 0 Å². The van der Waals surface area contributed by atoms with Crippen LogP contribution in [0.25, 0.3) is 5.65 Å². The molecule has 4 nitrogen and oxygen atoms in total. The molecule has 2 heterocycles. The standard InChI is InChI=1S/C7H8N4/c8-3-6-4-10-7-5-9-1-2-11(6)7/h1-2,4-5H,3,8H2. The predicted octanol–water partition coefficient (Wildman–Crippen LogP) is 0.188. The SMILES string of the molecule is NCc1cnc2cnccn12. The van der Waals surface area contributed by atoms with Crippen LogP contribution in [0.2, 0.25) is 0 Å². The van der Waals surface area contributed by atoms with Crippen LogP contribution >= 0.6 is 0 Å². The molecule has 0 bridgehead atoms. The first kappa shape index (κ1) is 6.30. The normalized spacial score (nSPS) is 10.6. The quantitative estimate of drug-likeness (QED) is 0.628. The van der Waals surface area contributed by atoms with Crippen LogP contribution in [0.5, 0.6) is 0 Å². The van der Waals surface area contributed by atoms with E-state index in [9.17, 15) is 0 Å². The molecule has 2 aromatic rings. The van der Waals surface area contributed by atoms with Crippen molar-refractivity contribution in [1.82, 2.24) is 14.4 Å². The molecule has 2 aromatic heterocycles. The first-order chi connectivity index (χ1) is 5.42. The summed E-state index contributed by atoms with van der Waals surface area (Å²) in [6.07, 6.45) is 7.04. The molecule has 0 unspecified atom stereocenters. The lowest BCUT2D eigenvalue weighted by atomic mass is 10.5. The van der Waals surface area contributed by atoms with Gasteiger partial charge < -0.3 is 5.73 Å². The molecule has 0 radical (unpaired) electrons. The molecule has 2 N–H and O–H groups in total. The highest BCUT2D eigenvalue weighted by atomic mass is 15.0. The molecule has 0 saturated carbocycles. The summed E-state index contributed by atoms with van der Waals surface area (Å²) in [6.45, 7) is 0.505. The van der Waals surface area contributed by atoms with E-state index in [1.54, 1.807) is 18.6 Å². The second-order valence-corrected chi connectivity index (χ2v) is 2.26. The van der Waals surface area contributed by atoms with E-state index in [2.05, 4.69) is 9.97 Å². The zero-order chi connectivity index (χ0) is 7.68. The van der Waals surface area contributed by atoms with E-state index < -0.39 is 0 Å². The van der Waals surface area contributed by atoms with Crippen molar-refractivity contribution < 1.29 is 0 Å². The molecule has 0 aliphatic rings. The first-order valence-corrected chi connectivity index (χ1v) is 3.38. The van der Waals surface area contributed by atoms with Crippen molar-refractivity contribution in [3.8, 4) is 0 Å². The number of hydrogen-bond acceptors (Lipinski definition) is 3. The van der Waals surface area contributed by atoms with Crippen LogP contribution in [-0.4, -0.2) is 14.4 Å². The summed E-state index contributed by atoms with van der Waals surface area (Å²) < 4.78 is 1.92. The molecule has 0 atom stereocenters. The van der Waals surface area contributed by atoms with Gasteiger partial charge in [-0.3, -0.25) is 9.38 Å². The fourth-order valence-corrected chi connectivity index (χ4v) is 1.05. The number of nitrogens with zero attached hydrogens (tertiary/aromatic N) is 3. The van der Waals surface area contributed by atoms with Crippen molar-refractivity contribution in [2.45, 2.75) is 6.54 Å². The molecule has 2 rings (SSSR count). The Balaban J connectivity index is 2.76. The molecule has 0 aliphatic carbocycles. The van der Waals surface area contributed by atoms with Gasteiger partial charge in [0, 0.05) is 18.9 Å². The zero-order valence-corrected chi connectivity index (χ0v) is 5.94. The number of rotatable bonds is 1. The third-order valence-corrected chi connectivity index (χ3v) is 1.60. The Morgan fingerprint density at radius 3 is 3.18 bits per heavy atom. The van der Waals surface area contributed by atoms with Gasteiger partial charge in [0.15, 0.2) is 5.65 Å². The molecule has 56 valence electrons. The lowest BCUT2D eigenvalue weighted by Crippen LogP contribution is -2.00. The first-order valence-electron chi connectivity index (χ1n) is 3.38. The average Bonchev–Trinajstić information content (AvgIpc) is 2.47. The summed E-state index contributed by atoms with van der Waals surface area (Å²) in [5.41, 5.74) is 7.32. The zero-order valence-electron chi connectivity index (χ0n) is 5.94. The van der Waals surface area contributed by atoms with Gasteiger partial charge in [-0.15, -0.1) is 0 Å². The van der Waals surface area contributed by atoms with E-state index in [0.29, 0.717) is 6.54 Å². The third kappa shape index (κ3) is 0.877. The molecule has 0 amide bonds. The minimum atomic E-state index is 0.505. The molecule has 0 spiro atoms. The van der Waals surface area contributed by atoms with Crippen molar-refractivity contribution in [1.29, 1.82) is 0 Å². The van der Waals surface area contributed by atoms with Gasteiger partial charge in [-0.1, -0.05) is 0 Å². The van der Waals surface area contributed by atoms with Crippen molar-refractivity contribution >= 4 is 5.65 Å². The topological polar surface area (TPSA) is 56.2 Å². The maximum absolute atomic E-state index is 5.48. The van der Waals surface area contributed by atoms with Gasteiger partial charge in [0.1, 0.15) is 0 Å². The third-order valence-electron chi connectivity index (χ3n) is 1.60. The van der Waals surface area contributed by atoms with Gasteiger partial charge in [-0.25, -0.2) is 4.98 Å². The van der Waals surface area contributed by atoms with Crippen LogP contribution in [0.1, 0.15) is 5.69 Å². The van der Waals surface area contributed by atoms with Crippen molar-refractivity contribution in [2.75, 3.05) is 0 Å². The van der Waals surface area contributed by atoms with Crippen LogP contribution in [0.4, 0.5) is 0 Å². The summed E-state index contributed by atoms with van der Waals surface area (Å²) in [7, 11) is 0. The molecular formula is C7H8N4. The highest BCUT2D eigenvalue weighted by molar-refractivity contribution is 5.36. The van der Waals surface area contributed by atoms with E-state index in [1.807, 2.05) is 10.6 Å². The van der Waals surface area contributed by atoms with E-state index in [0.717, 1.165) is 11.3 Å². The molecule has 11 heavy (non-hydrogen) atoms. The number of aromatic nitrogens is 3. The van der Waals surface area contributed by atoms with E-state index in [-0.39, 0.29) is 0 Å². The van der Waals surface area contributed by atoms with Gasteiger partial charge in [-0.05, 0) is 0 Å². The largest absolute Gasteiger partial charge is 0.325 e. The Hall–Kier alpha value is -1.42. The summed E-state index contributed by atoms with van der Waals surface area (Å²) in [5, 5.41) is 0. The monoisotopic (exact) mass is 148 g/mol.